The Morgan fingerprint density at radius 3 is 1.27 bits per heavy atom. The highest BCUT2D eigenvalue weighted by atomic mass is 79.9. The van der Waals surface area contributed by atoms with Crippen LogP contribution >= 0.6 is 90.7 Å². The highest BCUT2D eigenvalue weighted by Gasteiger charge is 2.44. The number of thiazole rings is 3. The van der Waals surface area contributed by atoms with Gasteiger partial charge in [0.05, 0.1) is 81.1 Å². The third kappa shape index (κ3) is 34.3. The number of benzene rings is 4. The molecule has 0 radical (unpaired) electrons. The van der Waals surface area contributed by atoms with Gasteiger partial charge in [0, 0.05) is 76.9 Å². The number of ether oxygens (including phenoxy) is 1. The van der Waals surface area contributed by atoms with Crippen LogP contribution in [0.3, 0.4) is 0 Å². The zero-order valence-electron chi connectivity index (χ0n) is 67.2. The normalized spacial score (nSPS) is 18.6. The molecule has 4 aromatic carbocycles. The van der Waals surface area contributed by atoms with Crippen molar-refractivity contribution in [2.75, 3.05) is 26.7 Å². The number of nitrogens with one attached hydrogen (secondary N) is 2. The third-order valence-electron chi connectivity index (χ3n) is 18.6. The second kappa shape index (κ2) is 48.2. The molecule has 3 fully saturated rings. The number of methoxy groups -OCH3 is 1. The van der Waals surface area contributed by atoms with Crippen LogP contribution in [0.4, 0.5) is 0 Å². The maximum Gasteiger partial charge on any atom is 0.326 e. The second-order valence-corrected chi connectivity index (χ2v) is 35.1. The zero-order valence-corrected chi connectivity index (χ0v) is 74.4. The lowest BCUT2D eigenvalue weighted by molar-refractivity contribution is -0.151. The van der Waals surface area contributed by atoms with Crippen LogP contribution < -0.4 is 27.8 Å². The standard InChI is InChI=1S/C23H32N4O3S.C12H14N2S.C12H21NO4.C9H11Br.C8H10BrN.C7H14O2.C6H11NO3.C4H5NS.2ClH/c1-13(15-6-8-16(9-7-15)19-14(2)25-12-31-19)26-21(29)18-10-17(28)11-27(18)22(30)20(24)23(3,4)5;1-8(13)10-3-5-11(6-4-10)12-9(2)14-7-15-12;1-7(12(2,3)4)10(15)13-6-8(14)5-9(13)11(16)17;1-7(2)8-3-5-9(10)6-4-8;1-6(10)7-2-4-8(9)5-3-7;1-5(6(8)9)7(2,3)4;1-10-6(9)5-2-4(8)3-7-5;1-4-2-6-3-5-4;;/h6-9,12-13,17-18,20,28H,10-11,24H2,1-5H3,(H,26,29);3-8H,13H2,1-2H3;7-9,14H,5-6H2,1-4H3,(H,16,17);3-7H,1-2H3;2-6H,10H2,1H3;5H,1-4H3,(H,8,9);4-5,7-8H,2-3H2,1H3;2-3H,1H3;2*1H/t13-,17+,18-,20+;8-;7-,8-,9+;;6-;5-;4-,5+;;;/m001.011.../s1. The summed E-state index contributed by atoms with van der Waals surface area (Å²) in [6, 6.07) is 30.2. The van der Waals surface area contributed by atoms with Gasteiger partial charge in [-0.15, -0.1) is 58.8 Å². The quantitative estimate of drug-likeness (QED) is 0.0479. The van der Waals surface area contributed by atoms with Gasteiger partial charge in [-0.2, -0.15) is 0 Å². The minimum Gasteiger partial charge on any atom is -0.481 e. The van der Waals surface area contributed by atoms with Crippen molar-refractivity contribution in [2.45, 2.75) is 217 Å². The molecule has 0 bridgehead atoms. The number of halogens is 4. The van der Waals surface area contributed by atoms with E-state index in [1.54, 1.807) is 47.9 Å². The van der Waals surface area contributed by atoms with E-state index in [9.17, 15) is 39.0 Å². The number of carboxylic acids is 2. The number of carbonyl (C=O) groups is 6. The molecule has 0 spiro atoms. The van der Waals surface area contributed by atoms with Gasteiger partial charge < -0.3 is 67.9 Å². The molecule has 3 aliphatic rings. The molecule has 7 aromatic rings. The Labute approximate surface area is 693 Å². The van der Waals surface area contributed by atoms with E-state index in [1.165, 1.54) is 44.0 Å². The first kappa shape index (κ1) is 102. The van der Waals surface area contributed by atoms with E-state index in [-0.39, 0.29) is 121 Å². The van der Waals surface area contributed by atoms with Crippen LogP contribution in [0, 0.1) is 48.9 Å². The Hall–Kier alpha value is -6.15. The Morgan fingerprint density at radius 2 is 0.964 bits per heavy atom. The number of aliphatic hydroxyl groups is 3. The summed E-state index contributed by atoms with van der Waals surface area (Å²) >= 11 is 11.7. The van der Waals surface area contributed by atoms with Gasteiger partial charge in [0.1, 0.15) is 18.1 Å². The number of hydrogen-bond acceptors (Lipinski definition) is 20. The number of aromatic nitrogens is 3. The average molecular weight is 1750 g/mol. The molecule has 3 aromatic heterocycles. The predicted octanol–water partition coefficient (Wildman–Crippen LogP) is 15.5. The van der Waals surface area contributed by atoms with E-state index >= 15 is 0 Å². The molecule has 3 saturated heterocycles. The number of nitrogens with two attached hydrogens (primary N) is 3. The van der Waals surface area contributed by atoms with Crippen LogP contribution in [0.15, 0.2) is 128 Å². The number of carboxylic acid groups (broad SMARTS) is 2. The third-order valence-corrected chi connectivity index (χ3v) is 22.3. The van der Waals surface area contributed by atoms with E-state index < -0.39 is 53.8 Å². The smallest absolute Gasteiger partial charge is 0.326 e. The van der Waals surface area contributed by atoms with E-state index in [4.69, 9.17) is 32.5 Å². The fourth-order valence-electron chi connectivity index (χ4n) is 10.5. The van der Waals surface area contributed by atoms with E-state index in [0.29, 0.717) is 18.9 Å². The van der Waals surface area contributed by atoms with Gasteiger partial charge in [-0.3, -0.25) is 29.0 Å². The summed E-state index contributed by atoms with van der Waals surface area (Å²) in [6.07, 6.45) is -1.06. The van der Waals surface area contributed by atoms with Crippen molar-refractivity contribution in [1.82, 2.24) is 35.4 Å². The number of esters is 1. The number of likely N-dealkylation sites (tertiary alicyclic amines) is 2. The summed E-state index contributed by atoms with van der Waals surface area (Å²) in [4.78, 5) is 87.8. The first-order valence-corrected chi connectivity index (χ1v) is 40.3. The average Bonchev–Trinajstić information content (AvgIpc) is 1.65. The van der Waals surface area contributed by atoms with Crippen molar-refractivity contribution in [3.63, 3.8) is 0 Å². The van der Waals surface area contributed by atoms with Crippen LogP contribution in [0.1, 0.15) is 193 Å². The van der Waals surface area contributed by atoms with E-state index in [2.05, 4.69) is 125 Å². The van der Waals surface area contributed by atoms with Crippen LogP contribution in [0.25, 0.3) is 20.9 Å². The number of hydrogen-bond donors (Lipinski definition) is 10. The van der Waals surface area contributed by atoms with Crippen molar-refractivity contribution in [1.29, 1.82) is 0 Å². The van der Waals surface area contributed by atoms with Crippen molar-refractivity contribution in [2.24, 2.45) is 45.3 Å². The van der Waals surface area contributed by atoms with Crippen LogP contribution in [-0.4, -0.2) is 155 Å². The summed E-state index contributed by atoms with van der Waals surface area (Å²) < 4.78 is 6.71. The molecule has 13 N–H and O–H groups in total. The Kier molecular flexibility index (Phi) is 44.6. The van der Waals surface area contributed by atoms with Gasteiger partial charge in [-0.05, 0) is 121 Å². The summed E-state index contributed by atoms with van der Waals surface area (Å²) in [6.45, 7) is 37.8. The number of amides is 3. The number of rotatable bonds is 13. The van der Waals surface area contributed by atoms with Crippen molar-refractivity contribution < 1.29 is 59.0 Å². The van der Waals surface area contributed by atoms with Gasteiger partial charge in [-0.25, -0.2) is 14.8 Å². The van der Waals surface area contributed by atoms with Crippen molar-refractivity contribution >= 4 is 126 Å². The first-order valence-electron chi connectivity index (χ1n) is 36.1. The molecular weight excluding hydrogens is 1630 g/mol. The van der Waals surface area contributed by atoms with Gasteiger partial charge >= 0.3 is 17.9 Å². The van der Waals surface area contributed by atoms with E-state index in [0.717, 1.165) is 42.0 Å². The molecule has 612 valence electrons. The topological polar surface area (TPSA) is 360 Å². The zero-order chi connectivity index (χ0) is 81.9. The lowest BCUT2D eigenvalue weighted by Gasteiger charge is -2.32. The van der Waals surface area contributed by atoms with Crippen molar-refractivity contribution in [3.8, 4) is 20.9 Å². The largest absolute Gasteiger partial charge is 0.481 e. The number of nitrogens with zero attached hydrogens (tertiary/aromatic N) is 5. The monoisotopic (exact) mass is 1750 g/mol. The Balaban J connectivity index is 0.000000663. The lowest BCUT2D eigenvalue weighted by atomic mass is 9.81. The molecular formula is C81H120Br2Cl2N10O12S3. The highest BCUT2D eigenvalue weighted by molar-refractivity contribution is 9.10. The number of aryl methyl sites for hydroxylation is 3. The molecule has 0 saturated carbocycles. The fourth-order valence-corrected chi connectivity index (χ4v) is 13.2. The molecule has 0 unspecified atom stereocenters. The van der Waals surface area contributed by atoms with E-state index in [1.807, 2.05) is 174 Å². The molecule has 10 rings (SSSR count). The first-order chi connectivity index (χ1) is 50.2. The Bertz CT molecular complexity index is 3820. The van der Waals surface area contributed by atoms with Gasteiger partial charge in [0.25, 0.3) is 0 Å². The number of aliphatic carboxylic acids is 2. The SMILES string of the molecule is CC(C)c1ccc(Br)cc1.COC(=O)[C@@H]1C[C@@H](O)CN1.C[C@H](C(=O)N1C[C@H](O)C[C@H]1C(=O)O)C(C)(C)C.C[C@H](C(=O)O)C(C)(C)C.C[C@H](N)c1ccc(Br)cc1.Cc1cscn1.Cc1ncsc1-c1ccc([C@H](C)N)cc1.Cc1ncsc1-c1ccc([C@H](C)NC(=O)[C@@H]2C[C@@H](O)CN2C(=O)[C@@H](N)C(C)(C)C)cc1.Cl.Cl. The van der Waals surface area contributed by atoms with Gasteiger partial charge in [0.2, 0.25) is 17.7 Å². The maximum absolute atomic E-state index is 13.0. The number of aliphatic hydroxyl groups excluding tert-OH is 3. The fraction of sp³-hybridized carbons (Fsp3) is 0.519. The van der Waals surface area contributed by atoms with Crippen LogP contribution in [0.5, 0.6) is 0 Å². The highest BCUT2D eigenvalue weighted by Crippen LogP contribution is 2.33. The molecule has 110 heavy (non-hydrogen) atoms. The molecule has 22 nitrogen and oxygen atoms in total. The number of β-amino-alcohol motifs (C(OH)–C–C–N with tert-alkyl or cyclic N) is 3. The number of carbonyl (C=O) groups excluding carboxylic acids is 4. The van der Waals surface area contributed by atoms with Gasteiger partial charge in [0.15, 0.2) is 0 Å². The molecule has 0 aliphatic carbocycles. The summed E-state index contributed by atoms with van der Waals surface area (Å²) in [7, 11) is 1.34. The summed E-state index contributed by atoms with van der Waals surface area (Å²) in [5.74, 6) is -2.74. The van der Waals surface area contributed by atoms with Crippen LogP contribution in [-0.2, 0) is 33.5 Å². The minimum atomic E-state index is -1.05. The second-order valence-electron chi connectivity index (χ2n) is 30.8. The lowest BCUT2D eigenvalue weighted by Crippen LogP contribution is -2.55. The van der Waals surface area contributed by atoms with Crippen LogP contribution in [0.2, 0.25) is 0 Å². The molecule has 12 atom stereocenters. The molecule has 29 heteroatoms. The molecule has 6 heterocycles. The summed E-state index contributed by atoms with van der Waals surface area (Å²) in [5.41, 5.74) is 32.6. The maximum atomic E-state index is 13.0. The molecule has 3 aliphatic heterocycles. The predicted molar refractivity (Wildman–Crippen MR) is 457 cm³/mol. The summed E-state index contributed by atoms with van der Waals surface area (Å²) in [5, 5.41) is 54.0. The van der Waals surface area contributed by atoms with Crippen molar-refractivity contribution in [3.05, 3.63) is 167 Å². The Morgan fingerprint density at radius 1 is 0.555 bits per heavy atom. The molecule has 3 amide bonds. The minimum absolute atomic E-state index is 0. The van der Waals surface area contributed by atoms with Gasteiger partial charge in [-0.1, -0.05) is 195 Å².